The number of anilines is 1. The molecule has 0 bridgehead atoms. The van der Waals surface area contributed by atoms with E-state index < -0.39 is 18.6 Å². The third-order valence-electron chi connectivity index (χ3n) is 7.37. The summed E-state index contributed by atoms with van der Waals surface area (Å²) >= 11 is 0. The highest BCUT2D eigenvalue weighted by molar-refractivity contribution is 5.89. The van der Waals surface area contributed by atoms with E-state index in [0.717, 1.165) is 49.1 Å². The smallest absolute Gasteiger partial charge is 0.331 e. The standard InChI is InChI=1S/C22H29N5O5/c28-9-16(20(31)32-12-21(11-29)3-4-21)26-19(30)15-2-8-27(10-22(15)5-6-22)18-14-1-7-23-17(14)24-13-25-18/h1,7,13,15-16,28-29H,2-6,8-12H2,(H,26,30)(H,23,24,25)/t15-,16+/m0/s1. The number of nitrogens with one attached hydrogen (secondary N) is 2. The zero-order chi connectivity index (χ0) is 22.3. The van der Waals surface area contributed by atoms with Gasteiger partial charge in [0.1, 0.15) is 17.8 Å². The summed E-state index contributed by atoms with van der Waals surface area (Å²) in [5, 5.41) is 22.7. The molecule has 32 heavy (non-hydrogen) atoms. The highest BCUT2D eigenvalue weighted by atomic mass is 16.5. The summed E-state index contributed by atoms with van der Waals surface area (Å²) in [5.41, 5.74) is 0.309. The number of piperidine rings is 1. The van der Waals surface area contributed by atoms with E-state index >= 15 is 0 Å². The second kappa shape index (κ2) is 8.00. The molecule has 5 rings (SSSR count). The molecule has 10 heteroatoms. The summed E-state index contributed by atoms with van der Waals surface area (Å²) < 4.78 is 5.28. The van der Waals surface area contributed by atoms with Crippen LogP contribution in [0.1, 0.15) is 32.1 Å². The molecule has 1 aliphatic heterocycles. The topological polar surface area (TPSA) is 141 Å². The number of carbonyl (C=O) groups excluding carboxylic acids is 2. The molecule has 3 heterocycles. The Bertz CT molecular complexity index is 1020. The minimum atomic E-state index is -1.09. The molecular weight excluding hydrogens is 414 g/mol. The Morgan fingerprint density at radius 3 is 2.78 bits per heavy atom. The summed E-state index contributed by atoms with van der Waals surface area (Å²) in [5.74, 6) is -0.220. The Labute approximate surface area is 185 Å². The van der Waals surface area contributed by atoms with Crippen LogP contribution in [0, 0.1) is 16.7 Å². The van der Waals surface area contributed by atoms with Crippen LogP contribution in [-0.4, -0.2) is 76.0 Å². The molecule has 10 nitrogen and oxygen atoms in total. The maximum atomic E-state index is 13.1. The summed E-state index contributed by atoms with van der Waals surface area (Å²) in [4.78, 5) is 39.5. The number of amides is 1. The highest BCUT2D eigenvalue weighted by Gasteiger charge is 2.55. The van der Waals surface area contributed by atoms with Crippen LogP contribution in [0.25, 0.3) is 11.0 Å². The molecule has 1 saturated heterocycles. The molecule has 4 N–H and O–H groups in total. The lowest BCUT2D eigenvalue weighted by Gasteiger charge is -2.39. The van der Waals surface area contributed by atoms with Crippen LogP contribution >= 0.6 is 0 Å². The van der Waals surface area contributed by atoms with Crippen molar-refractivity contribution in [2.24, 2.45) is 16.7 Å². The number of fused-ring (bicyclic) bond motifs is 1. The van der Waals surface area contributed by atoms with Crippen molar-refractivity contribution in [2.45, 2.75) is 38.1 Å². The molecule has 1 spiro atoms. The SMILES string of the molecule is O=C(OCC1(CO)CC1)[C@@H](CO)NC(=O)[C@@H]1CCN(c2ncnc3[nH]ccc23)CC12CC2. The molecule has 2 aromatic rings. The van der Waals surface area contributed by atoms with Gasteiger partial charge in [-0.05, 0) is 43.6 Å². The third-order valence-corrected chi connectivity index (χ3v) is 7.37. The van der Waals surface area contributed by atoms with Gasteiger partial charge in [-0.1, -0.05) is 0 Å². The van der Waals surface area contributed by atoms with Crippen LogP contribution in [0.15, 0.2) is 18.6 Å². The summed E-state index contributed by atoms with van der Waals surface area (Å²) in [6, 6.07) is 0.871. The summed E-state index contributed by atoms with van der Waals surface area (Å²) in [6.07, 6.45) is 7.54. The van der Waals surface area contributed by atoms with Gasteiger partial charge < -0.3 is 30.2 Å². The third kappa shape index (κ3) is 3.81. The Kier molecular flexibility index (Phi) is 5.29. The Balaban J connectivity index is 1.22. The van der Waals surface area contributed by atoms with Crippen LogP contribution in [0.3, 0.4) is 0 Å². The minimum Gasteiger partial charge on any atom is -0.463 e. The number of esters is 1. The maximum Gasteiger partial charge on any atom is 0.331 e. The van der Waals surface area contributed by atoms with E-state index in [9.17, 15) is 19.8 Å². The average molecular weight is 444 g/mol. The molecule has 3 aliphatic rings. The van der Waals surface area contributed by atoms with Crippen molar-refractivity contribution in [3.8, 4) is 0 Å². The first-order chi connectivity index (χ1) is 15.5. The number of hydrogen-bond donors (Lipinski definition) is 4. The lowest BCUT2D eigenvalue weighted by Crippen LogP contribution is -2.52. The second-order valence-corrected chi connectivity index (χ2v) is 9.57. The summed E-state index contributed by atoms with van der Waals surface area (Å²) in [6.45, 7) is 0.956. The zero-order valence-electron chi connectivity index (χ0n) is 17.9. The van der Waals surface area contributed by atoms with Crippen molar-refractivity contribution in [3.05, 3.63) is 18.6 Å². The van der Waals surface area contributed by atoms with E-state index in [4.69, 9.17) is 4.74 Å². The predicted molar refractivity (Wildman–Crippen MR) is 115 cm³/mol. The zero-order valence-corrected chi connectivity index (χ0v) is 17.9. The molecule has 0 aromatic carbocycles. The van der Waals surface area contributed by atoms with Crippen molar-refractivity contribution in [1.82, 2.24) is 20.3 Å². The van der Waals surface area contributed by atoms with Crippen LogP contribution in [0.2, 0.25) is 0 Å². The van der Waals surface area contributed by atoms with Crippen LogP contribution in [0.4, 0.5) is 5.82 Å². The number of carbonyl (C=O) groups is 2. The monoisotopic (exact) mass is 443 g/mol. The van der Waals surface area contributed by atoms with Gasteiger partial charge >= 0.3 is 5.97 Å². The van der Waals surface area contributed by atoms with Crippen LogP contribution in [0.5, 0.6) is 0 Å². The van der Waals surface area contributed by atoms with Crippen molar-refractivity contribution < 1.29 is 24.5 Å². The molecule has 2 saturated carbocycles. The van der Waals surface area contributed by atoms with Crippen LogP contribution < -0.4 is 10.2 Å². The number of rotatable bonds is 8. The fourth-order valence-electron chi connectivity index (χ4n) is 4.83. The molecule has 3 fully saturated rings. The molecule has 2 aliphatic carbocycles. The fraction of sp³-hybridized carbons (Fsp3) is 0.636. The van der Waals surface area contributed by atoms with E-state index in [2.05, 4.69) is 25.2 Å². The molecular formula is C22H29N5O5. The van der Waals surface area contributed by atoms with Crippen molar-refractivity contribution in [3.63, 3.8) is 0 Å². The van der Waals surface area contributed by atoms with E-state index in [0.29, 0.717) is 13.0 Å². The number of aliphatic hydroxyl groups is 2. The van der Waals surface area contributed by atoms with Crippen molar-refractivity contribution in [2.75, 3.05) is 37.8 Å². The summed E-state index contributed by atoms with van der Waals surface area (Å²) in [7, 11) is 0. The van der Waals surface area contributed by atoms with Crippen molar-refractivity contribution in [1.29, 1.82) is 0 Å². The molecule has 2 atom stereocenters. The number of H-pyrrole nitrogens is 1. The maximum absolute atomic E-state index is 13.1. The second-order valence-electron chi connectivity index (χ2n) is 9.57. The number of aliphatic hydroxyl groups excluding tert-OH is 2. The Hall–Kier alpha value is -2.72. The number of nitrogens with zero attached hydrogens (tertiary/aromatic N) is 3. The fourth-order valence-corrected chi connectivity index (χ4v) is 4.83. The van der Waals surface area contributed by atoms with E-state index in [1.54, 1.807) is 6.33 Å². The molecule has 0 radical (unpaired) electrons. The number of ether oxygens (including phenoxy) is 1. The quantitative estimate of drug-likeness (QED) is 0.429. The van der Waals surface area contributed by atoms with Gasteiger partial charge in [0.2, 0.25) is 5.91 Å². The number of hydrogen-bond acceptors (Lipinski definition) is 8. The van der Waals surface area contributed by atoms with Gasteiger partial charge in [0.05, 0.1) is 25.2 Å². The Morgan fingerprint density at radius 2 is 2.09 bits per heavy atom. The molecule has 172 valence electrons. The van der Waals surface area contributed by atoms with E-state index in [1.807, 2.05) is 12.3 Å². The van der Waals surface area contributed by atoms with Gasteiger partial charge in [0.25, 0.3) is 0 Å². The first kappa shape index (κ1) is 21.1. The van der Waals surface area contributed by atoms with Gasteiger partial charge in [0, 0.05) is 30.6 Å². The van der Waals surface area contributed by atoms with Gasteiger partial charge in [-0.25, -0.2) is 14.8 Å². The van der Waals surface area contributed by atoms with Gasteiger partial charge in [-0.3, -0.25) is 4.79 Å². The first-order valence-electron chi connectivity index (χ1n) is 11.2. The van der Waals surface area contributed by atoms with Gasteiger partial charge in [-0.15, -0.1) is 0 Å². The normalized spacial score (nSPS) is 23.7. The van der Waals surface area contributed by atoms with Crippen LogP contribution in [-0.2, 0) is 14.3 Å². The molecule has 2 aromatic heterocycles. The first-order valence-corrected chi connectivity index (χ1v) is 11.2. The predicted octanol–water partition coefficient (Wildman–Crippen LogP) is 0.357. The minimum absolute atomic E-state index is 0.0288. The number of aromatic nitrogens is 3. The molecule has 1 amide bonds. The van der Waals surface area contributed by atoms with Gasteiger partial charge in [-0.2, -0.15) is 0 Å². The van der Waals surface area contributed by atoms with Crippen molar-refractivity contribution >= 4 is 28.7 Å². The molecule has 0 unspecified atom stereocenters. The average Bonchev–Trinajstić information content (AvgIpc) is 3.72. The highest BCUT2D eigenvalue weighted by Crippen LogP contribution is 2.56. The lowest BCUT2D eigenvalue weighted by molar-refractivity contribution is -0.152. The number of aromatic amines is 1. The Morgan fingerprint density at radius 1 is 1.28 bits per heavy atom. The largest absolute Gasteiger partial charge is 0.463 e. The lowest BCUT2D eigenvalue weighted by atomic mass is 9.81. The van der Waals surface area contributed by atoms with Gasteiger partial charge in [0.15, 0.2) is 6.04 Å². The van der Waals surface area contributed by atoms with E-state index in [1.165, 1.54) is 0 Å². The van der Waals surface area contributed by atoms with E-state index in [-0.39, 0.29) is 35.9 Å².